The predicted octanol–water partition coefficient (Wildman–Crippen LogP) is 2.96. The number of thiophene rings is 1. The predicted molar refractivity (Wildman–Crippen MR) is 93.1 cm³/mol. The Bertz CT molecular complexity index is 609. The van der Waals surface area contributed by atoms with Crippen molar-refractivity contribution < 1.29 is 9.53 Å². The largest absolute Gasteiger partial charge is 0.475 e. The molecule has 2 heterocycles. The summed E-state index contributed by atoms with van der Waals surface area (Å²) in [5.74, 6) is 0.400. The highest BCUT2D eigenvalue weighted by atomic mass is 32.1. The standard InChI is InChI=1S/C17H23N3O2S/c1-12(2)22-16-6-5-13(9-18-16)17(21)19-10-15(20(3)4)14-7-8-23-11-14/h5-9,11-12,15H,10H2,1-4H3,(H,19,21)/t15-/m0/s1. The molecule has 5 nitrogen and oxygen atoms in total. The number of nitrogens with zero attached hydrogens (tertiary/aromatic N) is 2. The lowest BCUT2D eigenvalue weighted by molar-refractivity contribution is 0.0941. The Labute approximate surface area is 141 Å². The van der Waals surface area contributed by atoms with Gasteiger partial charge in [0.2, 0.25) is 5.88 Å². The molecule has 0 saturated carbocycles. The van der Waals surface area contributed by atoms with Gasteiger partial charge in [0.05, 0.1) is 17.7 Å². The first kappa shape index (κ1) is 17.4. The summed E-state index contributed by atoms with van der Waals surface area (Å²) in [7, 11) is 4.02. The molecular formula is C17H23N3O2S. The van der Waals surface area contributed by atoms with Crippen LogP contribution in [0.2, 0.25) is 0 Å². The molecule has 0 saturated heterocycles. The molecule has 0 aliphatic rings. The van der Waals surface area contributed by atoms with Gasteiger partial charge in [-0.05, 0) is 56.4 Å². The fourth-order valence-corrected chi connectivity index (χ4v) is 2.89. The van der Waals surface area contributed by atoms with E-state index in [1.54, 1.807) is 29.7 Å². The van der Waals surface area contributed by atoms with E-state index in [1.807, 2.05) is 33.3 Å². The van der Waals surface area contributed by atoms with Crippen molar-refractivity contribution in [3.8, 4) is 5.88 Å². The van der Waals surface area contributed by atoms with E-state index in [4.69, 9.17) is 4.74 Å². The Morgan fingerprint density at radius 1 is 1.35 bits per heavy atom. The maximum Gasteiger partial charge on any atom is 0.252 e. The second kappa shape index (κ2) is 8.08. The lowest BCUT2D eigenvalue weighted by Crippen LogP contribution is -2.34. The molecule has 0 bridgehead atoms. The van der Waals surface area contributed by atoms with Crippen molar-refractivity contribution in [3.05, 3.63) is 46.3 Å². The average molecular weight is 333 g/mol. The normalized spacial score (nSPS) is 12.4. The summed E-state index contributed by atoms with van der Waals surface area (Å²) in [6, 6.07) is 5.69. The van der Waals surface area contributed by atoms with Gasteiger partial charge >= 0.3 is 0 Å². The highest BCUT2D eigenvalue weighted by Gasteiger charge is 2.16. The van der Waals surface area contributed by atoms with E-state index in [9.17, 15) is 4.79 Å². The van der Waals surface area contributed by atoms with Crippen molar-refractivity contribution in [2.75, 3.05) is 20.6 Å². The van der Waals surface area contributed by atoms with Crippen LogP contribution < -0.4 is 10.1 Å². The molecule has 124 valence electrons. The molecule has 2 aromatic rings. The number of rotatable bonds is 7. The number of carbonyl (C=O) groups is 1. The Balaban J connectivity index is 1.95. The summed E-state index contributed by atoms with van der Waals surface area (Å²) in [6.45, 7) is 4.43. The van der Waals surface area contributed by atoms with Crippen LogP contribution in [0, 0.1) is 0 Å². The summed E-state index contributed by atoms with van der Waals surface area (Å²) in [6.07, 6.45) is 1.61. The second-order valence-corrected chi connectivity index (χ2v) is 6.58. The van der Waals surface area contributed by atoms with E-state index in [0.717, 1.165) is 0 Å². The summed E-state index contributed by atoms with van der Waals surface area (Å²) < 4.78 is 5.48. The number of nitrogens with one attached hydrogen (secondary N) is 1. The summed E-state index contributed by atoms with van der Waals surface area (Å²) >= 11 is 1.66. The number of pyridine rings is 1. The zero-order chi connectivity index (χ0) is 16.8. The van der Waals surface area contributed by atoms with Gasteiger partial charge in [-0.1, -0.05) is 0 Å². The van der Waals surface area contributed by atoms with Crippen molar-refractivity contribution in [1.82, 2.24) is 15.2 Å². The topological polar surface area (TPSA) is 54.5 Å². The van der Waals surface area contributed by atoms with Crippen molar-refractivity contribution >= 4 is 17.2 Å². The van der Waals surface area contributed by atoms with E-state index in [1.165, 1.54) is 5.56 Å². The third-order valence-corrected chi connectivity index (χ3v) is 4.06. The van der Waals surface area contributed by atoms with Crippen LogP contribution in [0.1, 0.15) is 35.8 Å². The fraction of sp³-hybridized carbons (Fsp3) is 0.412. The monoisotopic (exact) mass is 333 g/mol. The van der Waals surface area contributed by atoms with E-state index >= 15 is 0 Å². The smallest absolute Gasteiger partial charge is 0.252 e. The Morgan fingerprint density at radius 3 is 2.65 bits per heavy atom. The van der Waals surface area contributed by atoms with Gasteiger partial charge in [0.15, 0.2) is 0 Å². The van der Waals surface area contributed by atoms with E-state index in [2.05, 4.69) is 26.6 Å². The molecule has 1 N–H and O–H groups in total. The van der Waals surface area contributed by atoms with Crippen LogP contribution in [-0.2, 0) is 0 Å². The molecular weight excluding hydrogens is 310 g/mol. The Morgan fingerprint density at radius 2 is 2.13 bits per heavy atom. The molecule has 1 atom stereocenters. The van der Waals surface area contributed by atoms with E-state index < -0.39 is 0 Å². The first-order chi connectivity index (χ1) is 11.0. The van der Waals surface area contributed by atoms with Gasteiger partial charge in [-0.2, -0.15) is 11.3 Å². The van der Waals surface area contributed by atoms with Crippen molar-refractivity contribution in [2.45, 2.75) is 26.0 Å². The Hall–Kier alpha value is -1.92. The molecule has 0 aliphatic carbocycles. The van der Waals surface area contributed by atoms with Gasteiger partial charge in [0, 0.05) is 18.8 Å². The maximum absolute atomic E-state index is 12.3. The molecule has 23 heavy (non-hydrogen) atoms. The van der Waals surface area contributed by atoms with Crippen LogP contribution in [0.3, 0.4) is 0 Å². The third kappa shape index (κ3) is 5.04. The number of likely N-dealkylation sites (N-methyl/N-ethyl adjacent to an activating group) is 1. The molecule has 1 amide bonds. The zero-order valence-corrected chi connectivity index (χ0v) is 14.8. The minimum atomic E-state index is -0.129. The third-order valence-electron chi connectivity index (χ3n) is 3.36. The van der Waals surface area contributed by atoms with Crippen molar-refractivity contribution in [3.63, 3.8) is 0 Å². The van der Waals surface area contributed by atoms with Crippen LogP contribution in [-0.4, -0.2) is 42.5 Å². The van der Waals surface area contributed by atoms with Gasteiger partial charge in [0.1, 0.15) is 0 Å². The van der Waals surface area contributed by atoms with Gasteiger partial charge in [0.25, 0.3) is 5.91 Å². The first-order valence-corrected chi connectivity index (χ1v) is 8.51. The lowest BCUT2D eigenvalue weighted by atomic mass is 10.1. The van der Waals surface area contributed by atoms with Crippen molar-refractivity contribution in [1.29, 1.82) is 0 Å². The first-order valence-electron chi connectivity index (χ1n) is 7.57. The average Bonchev–Trinajstić information content (AvgIpc) is 3.01. The van der Waals surface area contributed by atoms with E-state index in [-0.39, 0.29) is 18.1 Å². The molecule has 0 fully saturated rings. The highest BCUT2D eigenvalue weighted by molar-refractivity contribution is 7.07. The fourth-order valence-electron chi connectivity index (χ4n) is 2.18. The number of hydrogen-bond donors (Lipinski definition) is 1. The molecule has 0 aromatic carbocycles. The summed E-state index contributed by atoms with van der Waals surface area (Å²) in [5.41, 5.74) is 1.74. The summed E-state index contributed by atoms with van der Waals surface area (Å²) in [4.78, 5) is 18.5. The van der Waals surface area contributed by atoms with Crippen LogP contribution in [0.5, 0.6) is 5.88 Å². The van der Waals surface area contributed by atoms with E-state index in [0.29, 0.717) is 18.0 Å². The van der Waals surface area contributed by atoms with Gasteiger partial charge in [-0.25, -0.2) is 4.98 Å². The number of hydrogen-bond acceptors (Lipinski definition) is 5. The van der Waals surface area contributed by atoms with Gasteiger partial charge < -0.3 is 15.0 Å². The highest BCUT2D eigenvalue weighted by Crippen LogP contribution is 2.20. The quantitative estimate of drug-likeness (QED) is 0.846. The minimum Gasteiger partial charge on any atom is -0.475 e. The minimum absolute atomic E-state index is 0.0636. The van der Waals surface area contributed by atoms with Crippen LogP contribution in [0.4, 0.5) is 0 Å². The second-order valence-electron chi connectivity index (χ2n) is 5.80. The zero-order valence-electron chi connectivity index (χ0n) is 13.9. The lowest BCUT2D eigenvalue weighted by Gasteiger charge is -2.24. The SMILES string of the molecule is CC(C)Oc1ccc(C(=O)NC[C@@H](c2ccsc2)N(C)C)cn1. The number of carbonyl (C=O) groups excluding carboxylic acids is 1. The van der Waals surface area contributed by atoms with Crippen LogP contribution in [0.25, 0.3) is 0 Å². The molecule has 0 spiro atoms. The molecule has 6 heteroatoms. The van der Waals surface area contributed by atoms with Crippen LogP contribution >= 0.6 is 11.3 Å². The Kier molecular flexibility index (Phi) is 6.12. The molecule has 2 rings (SSSR count). The van der Waals surface area contributed by atoms with Gasteiger partial charge in [-0.15, -0.1) is 0 Å². The van der Waals surface area contributed by atoms with Gasteiger partial charge in [-0.3, -0.25) is 4.79 Å². The molecule has 0 radical (unpaired) electrons. The number of aromatic nitrogens is 1. The molecule has 0 unspecified atom stereocenters. The molecule has 2 aromatic heterocycles. The molecule has 0 aliphatic heterocycles. The van der Waals surface area contributed by atoms with Crippen LogP contribution in [0.15, 0.2) is 35.2 Å². The summed E-state index contributed by atoms with van der Waals surface area (Å²) in [5, 5.41) is 7.13. The number of ether oxygens (including phenoxy) is 1. The maximum atomic E-state index is 12.3. The van der Waals surface area contributed by atoms with Crippen molar-refractivity contribution in [2.24, 2.45) is 0 Å². The number of amides is 1.